The van der Waals surface area contributed by atoms with Crippen molar-refractivity contribution >= 4 is 57.9 Å². The third-order valence-electron chi connectivity index (χ3n) is 0. The van der Waals surface area contributed by atoms with Gasteiger partial charge in [0.1, 0.15) is 0 Å². The van der Waals surface area contributed by atoms with Crippen LogP contribution in [-0.2, 0) is 0 Å². The molecule has 0 unspecified atom stereocenters. The third kappa shape index (κ3) is 9.29. The molecule has 0 rings (SSSR count). The normalized spacial score (nSPS) is 1.50. The Kier molecular flexibility index (Phi) is 94.5. The van der Waals surface area contributed by atoms with Gasteiger partial charge in [-0.25, -0.2) is 0 Å². The summed E-state index contributed by atoms with van der Waals surface area (Å²) in [4.78, 5) is 0. The van der Waals surface area contributed by atoms with Gasteiger partial charge in [0.05, 0.1) is 0 Å². The predicted molar refractivity (Wildman–Crippen MR) is 23.9 cm³/mol. The van der Waals surface area contributed by atoms with Crippen molar-refractivity contribution in [3.63, 3.8) is 0 Å². The Hall–Kier alpha value is 1.73. The second-order valence-electron chi connectivity index (χ2n) is 0. The van der Waals surface area contributed by atoms with Crippen molar-refractivity contribution in [3.05, 3.63) is 0 Å². The van der Waals surface area contributed by atoms with E-state index in [4.69, 9.17) is 5.11 Å². The fraction of sp³-hybridized carbons (Fsp3) is 1.00. The zero-order chi connectivity index (χ0) is 2.00. The molecule has 0 aromatic rings. The van der Waals surface area contributed by atoms with E-state index in [1.165, 1.54) is 0 Å². The quantitative estimate of drug-likeness (QED) is 0.454. The first-order chi connectivity index (χ1) is 1.00. The average molecular weight is 158 g/mol. The first kappa shape index (κ1) is 17.2. The van der Waals surface area contributed by atoms with Crippen molar-refractivity contribution in [1.29, 1.82) is 0 Å². The molecular formula is CH7ClOSr. The predicted octanol–water partition coefficient (Wildman–Crippen LogP) is -0.886. The molecule has 0 radical (unpaired) electrons. The molecule has 0 aromatic carbocycles. The van der Waals surface area contributed by atoms with Crippen LogP contribution in [0.4, 0.5) is 0 Å². The molecule has 0 aliphatic heterocycles. The molecule has 0 spiro atoms. The number of hydrogen-bond donors (Lipinski definition) is 1. The van der Waals surface area contributed by atoms with Crippen molar-refractivity contribution in [1.82, 2.24) is 0 Å². The van der Waals surface area contributed by atoms with Gasteiger partial charge in [-0.2, -0.15) is 0 Å². The Morgan fingerprint density at radius 3 is 1.25 bits per heavy atom. The Balaban J connectivity index is -0.00000000500. The number of aliphatic hydroxyl groups excluding tert-OH is 1. The Labute approximate surface area is 69.1 Å². The molecule has 1 nitrogen and oxygen atoms in total. The fourth-order valence-electron chi connectivity index (χ4n) is 0. The van der Waals surface area contributed by atoms with E-state index in [9.17, 15) is 0 Å². The number of rotatable bonds is 0. The second kappa shape index (κ2) is 22.0. The molecule has 0 heterocycles. The van der Waals surface area contributed by atoms with Gasteiger partial charge in [0.25, 0.3) is 0 Å². The van der Waals surface area contributed by atoms with Gasteiger partial charge in [-0.3, -0.25) is 0 Å². The van der Waals surface area contributed by atoms with Gasteiger partial charge >= 0.3 is 45.5 Å². The van der Waals surface area contributed by atoms with Crippen LogP contribution in [0.3, 0.4) is 0 Å². The third-order valence-corrected chi connectivity index (χ3v) is 0. The zero-order valence-electron chi connectivity index (χ0n) is 1.86. The molecule has 0 saturated heterocycles. The van der Waals surface area contributed by atoms with Crippen LogP contribution in [0.25, 0.3) is 0 Å². The molecule has 3 heteroatoms. The van der Waals surface area contributed by atoms with Crippen LogP contribution in [0.5, 0.6) is 0 Å². The van der Waals surface area contributed by atoms with Crippen molar-refractivity contribution in [2.75, 3.05) is 7.11 Å². The van der Waals surface area contributed by atoms with Gasteiger partial charge in [0.15, 0.2) is 0 Å². The maximum absolute atomic E-state index is 7.00. The summed E-state index contributed by atoms with van der Waals surface area (Å²) in [6.07, 6.45) is 0. The van der Waals surface area contributed by atoms with Crippen LogP contribution in [0.2, 0.25) is 0 Å². The maximum atomic E-state index is 7.00. The fourth-order valence-corrected chi connectivity index (χ4v) is 0. The van der Waals surface area contributed by atoms with Crippen molar-refractivity contribution < 1.29 is 5.11 Å². The summed E-state index contributed by atoms with van der Waals surface area (Å²) in [5.74, 6) is 0. The molecule has 0 saturated carbocycles. The van der Waals surface area contributed by atoms with E-state index < -0.39 is 0 Å². The van der Waals surface area contributed by atoms with E-state index in [0.717, 1.165) is 7.11 Å². The summed E-state index contributed by atoms with van der Waals surface area (Å²) in [6, 6.07) is 0. The average Bonchev–Trinajstić information content (AvgIpc) is 1.00. The molecule has 0 atom stereocenters. The molecule has 0 aliphatic rings. The van der Waals surface area contributed by atoms with Crippen LogP contribution < -0.4 is 0 Å². The van der Waals surface area contributed by atoms with Gasteiger partial charge in [0.2, 0.25) is 0 Å². The van der Waals surface area contributed by atoms with E-state index in [1.54, 1.807) is 0 Å². The van der Waals surface area contributed by atoms with Crippen LogP contribution in [0.1, 0.15) is 0 Å². The number of hydrogen-bond acceptors (Lipinski definition) is 1. The SMILES string of the molecule is CO.Cl.[SrH2]. The zero-order valence-corrected chi connectivity index (χ0v) is 2.67. The summed E-state index contributed by atoms with van der Waals surface area (Å²) in [5.41, 5.74) is 0. The topological polar surface area (TPSA) is 20.2 Å². The molecule has 0 amide bonds. The Morgan fingerprint density at radius 2 is 1.25 bits per heavy atom. The minimum absolute atomic E-state index is 0. The van der Waals surface area contributed by atoms with Crippen molar-refractivity contribution in [2.24, 2.45) is 0 Å². The monoisotopic (exact) mass is 158 g/mol. The molecule has 0 aliphatic carbocycles. The molecule has 0 aromatic heterocycles. The number of halogens is 1. The summed E-state index contributed by atoms with van der Waals surface area (Å²) >= 11 is 0. The molecule has 1 N–H and O–H groups in total. The Bertz CT molecular complexity index is 8.00. The summed E-state index contributed by atoms with van der Waals surface area (Å²) in [6.45, 7) is 0. The summed E-state index contributed by atoms with van der Waals surface area (Å²) < 4.78 is 0. The molecule has 0 fully saturated rings. The molecule has 26 valence electrons. The van der Waals surface area contributed by atoms with E-state index in [0.29, 0.717) is 0 Å². The van der Waals surface area contributed by atoms with Gasteiger partial charge in [-0.1, -0.05) is 0 Å². The van der Waals surface area contributed by atoms with E-state index in [2.05, 4.69) is 0 Å². The van der Waals surface area contributed by atoms with Gasteiger partial charge < -0.3 is 5.11 Å². The van der Waals surface area contributed by atoms with E-state index >= 15 is 0 Å². The minimum atomic E-state index is 0. The number of aliphatic hydroxyl groups is 1. The van der Waals surface area contributed by atoms with E-state index in [1.807, 2.05) is 0 Å². The van der Waals surface area contributed by atoms with Crippen LogP contribution in [0.15, 0.2) is 0 Å². The first-order valence-corrected chi connectivity index (χ1v) is 0.447. The van der Waals surface area contributed by atoms with Gasteiger partial charge in [-0.15, -0.1) is 12.4 Å². The standard InChI is InChI=1S/CH4O.ClH.Sr.2H/c1-2;;;;/h2H,1H3;1H;;;. The molecule has 4 heavy (non-hydrogen) atoms. The Morgan fingerprint density at radius 1 is 1.25 bits per heavy atom. The van der Waals surface area contributed by atoms with E-state index in [-0.39, 0.29) is 57.9 Å². The second-order valence-corrected chi connectivity index (χ2v) is 0. The van der Waals surface area contributed by atoms with Gasteiger partial charge in [-0.05, 0) is 0 Å². The van der Waals surface area contributed by atoms with Gasteiger partial charge in [0, 0.05) is 7.11 Å². The first-order valence-electron chi connectivity index (χ1n) is 0.447. The van der Waals surface area contributed by atoms with Crippen LogP contribution >= 0.6 is 12.4 Å². The molecular weight excluding hydrogens is 151 g/mol. The van der Waals surface area contributed by atoms with Crippen molar-refractivity contribution in [3.8, 4) is 0 Å². The summed E-state index contributed by atoms with van der Waals surface area (Å²) in [5, 5.41) is 7.00. The van der Waals surface area contributed by atoms with Crippen LogP contribution in [0, 0.1) is 0 Å². The van der Waals surface area contributed by atoms with Crippen molar-refractivity contribution in [2.45, 2.75) is 0 Å². The molecule has 0 bridgehead atoms. The van der Waals surface area contributed by atoms with Crippen LogP contribution in [-0.4, -0.2) is 57.7 Å². The summed E-state index contributed by atoms with van der Waals surface area (Å²) in [7, 11) is 1.00.